The molecule has 0 aliphatic carbocycles. The Balaban J connectivity index is 1.89. The third-order valence-electron chi connectivity index (χ3n) is 4.45. The molecule has 1 atom stereocenters. The van der Waals surface area contributed by atoms with Crippen molar-refractivity contribution in [2.24, 2.45) is 11.3 Å². The molecule has 1 unspecified atom stereocenters. The van der Waals surface area contributed by atoms with E-state index in [4.69, 9.17) is 0 Å². The summed E-state index contributed by atoms with van der Waals surface area (Å²) in [7, 11) is -3.29. The van der Waals surface area contributed by atoms with Crippen LogP contribution in [0.4, 0.5) is 0 Å². The van der Waals surface area contributed by atoms with E-state index in [1.807, 2.05) is 0 Å². The molecule has 19 heavy (non-hydrogen) atoms. The number of hydrogen-bond acceptors (Lipinski definition) is 3. The van der Waals surface area contributed by atoms with Crippen molar-refractivity contribution in [2.75, 3.05) is 32.7 Å². The van der Waals surface area contributed by atoms with Gasteiger partial charge in [-0.15, -0.1) is 0 Å². The lowest BCUT2D eigenvalue weighted by Crippen LogP contribution is -2.49. The molecule has 6 heteroatoms. The summed E-state index contributed by atoms with van der Waals surface area (Å²) in [5.74, 6) is 0.472. The van der Waals surface area contributed by atoms with Crippen molar-refractivity contribution in [1.82, 2.24) is 14.3 Å². The van der Waals surface area contributed by atoms with E-state index in [0.717, 1.165) is 38.8 Å². The van der Waals surface area contributed by atoms with Crippen LogP contribution in [0.15, 0.2) is 0 Å². The van der Waals surface area contributed by atoms with Crippen molar-refractivity contribution >= 4 is 10.2 Å². The SMILES string of the molecule is CC1CCCN(S(=O)(=O)NCC2(C)CCNCC2)C1. The maximum atomic E-state index is 12.3. The molecule has 0 amide bonds. The van der Waals surface area contributed by atoms with E-state index in [0.29, 0.717) is 25.6 Å². The fraction of sp³-hybridized carbons (Fsp3) is 1.00. The fourth-order valence-electron chi connectivity index (χ4n) is 2.93. The molecule has 2 heterocycles. The molecule has 0 aromatic heterocycles. The molecular formula is C13H27N3O2S. The maximum absolute atomic E-state index is 12.3. The number of piperidine rings is 2. The first-order valence-corrected chi connectivity index (χ1v) is 8.81. The van der Waals surface area contributed by atoms with Crippen LogP contribution in [-0.4, -0.2) is 45.4 Å². The Hall–Kier alpha value is -0.170. The van der Waals surface area contributed by atoms with Crippen LogP contribution in [0.5, 0.6) is 0 Å². The van der Waals surface area contributed by atoms with Gasteiger partial charge in [0, 0.05) is 19.6 Å². The average Bonchev–Trinajstić information content (AvgIpc) is 2.38. The van der Waals surface area contributed by atoms with E-state index in [1.54, 1.807) is 4.31 Å². The monoisotopic (exact) mass is 289 g/mol. The Labute approximate surface area is 117 Å². The standard InChI is InChI=1S/C13H27N3O2S/c1-12-4-3-9-16(10-12)19(17,18)15-11-13(2)5-7-14-8-6-13/h12,14-15H,3-11H2,1-2H3. The van der Waals surface area contributed by atoms with Crippen LogP contribution in [0.1, 0.15) is 39.5 Å². The molecule has 2 rings (SSSR count). The molecule has 0 saturated carbocycles. The Bertz CT molecular complexity index is 391. The Morgan fingerprint density at radius 3 is 2.68 bits per heavy atom. The average molecular weight is 289 g/mol. The van der Waals surface area contributed by atoms with Gasteiger partial charge in [-0.1, -0.05) is 13.8 Å². The third-order valence-corrected chi connectivity index (χ3v) is 5.97. The van der Waals surface area contributed by atoms with Crippen LogP contribution in [0.25, 0.3) is 0 Å². The van der Waals surface area contributed by atoms with Gasteiger partial charge in [0.25, 0.3) is 10.2 Å². The number of nitrogens with one attached hydrogen (secondary N) is 2. The summed E-state index contributed by atoms with van der Waals surface area (Å²) in [5.41, 5.74) is 0.0969. The van der Waals surface area contributed by atoms with Crippen molar-refractivity contribution < 1.29 is 8.42 Å². The molecule has 112 valence electrons. The molecule has 0 aromatic rings. The van der Waals surface area contributed by atoms with E-state index in [2.05, 4.69) is 23.9 Å². The Morgan fingerprint density at radius 1 is 1.37 bits per heavy atom. The Kier molecular flexibility index (Phi) is 4.87. The van der Waals surface area contributed by atoms with Gasteiger partial charge in [0.2, 0.25) is 0 Å². The van der Waals surface area contributed by atoms with Crippen molar-refractivity contribution in [3.05, 3.63) is 0 Å². The highest BCUT2D eigenvalue weighted by molar-refractivity contribution is 7.87. The Morgan fingerprint density at radius 2 is 2.05 bits per heavy atom. The van der Waals surface area contributed by atoms with Gasteiger partial charge in [-0.05, 0) is 50.1 Å². The number of hydrogen-bond donors (Lipinski definition) is 2. The van der Waals surface area contributed by atoms with Gasteiger partial charge in [0.15, 0.2) is 0 Å². The van der Waals surface area contributed by atoms with Gasteiger partial charge in [0.1, 0.15) is 0 Å². The van der Waals surface area contributed by atoms with E-state index in [-0.39, 0.29) is 5.41 Å². The predicted octanol–water partition coefficient (Wildman–Crippen LogP) is 0.942. The summed E-state index contributed by atoms with van der Waals surface area (Å²) in [6, 6.07) is 0. The molecule has 0 bridgehead atoms. The largest absolute Gasteiger partial charge is 0.317 e. The van der Waals surface area contributed by atoms with Gasteiger partial charge >= 0.3 is 0 Å². The van der Waals surface area contributed by atoms with Crippen LogP contribution in [0, 0.1) is 11.3 Å². The zero-order chi connectivity index (χ0) is 13.9. The van der Waals surface area contributed by atoms with Crippen LogP contribution in [0.3, 0.4) is 0 Å². The highest BCUT2D eigenvalue weighted by atomic mass is 32.2. The second-order valence-electron chi connectivity index (χ2n) is 6.49. The molecule has 0 radical (unpaired) electrons. The molecule has 0 aromatic carbocycles. The number of rotatable bonds is 4. The van der Waals surface area contributed by atoms with E-state index in [9.17, 15) is 8.42 Å². The van der Waals surface area contributed by atoms with Crippen molar-refractivity contribution in [1.29, 1.82) is 0 Å². The highest BCUT2D eigenvalue weighted by Gasteiger charge is 2.31. The lowest BCUT2D eigenvalue weighted by Gasteiger charge is -2.36. The normalized spacial score (nSPS) is 29.3. The quantitative estimate of drug-likeness (QED) is 0.810. The molecule has 2 aliphatic heterocycles. The zero-order valence-corrected chi connectivity index (χ0v) is 12.9. The molecule has 0 spiro atoms. The minimum absolute atomic E-state index is 0.0969. The van der Waals surface area contributed by atoms with E-state index >= 15 is 0 Å². The van der Waals surface area contributed by atoms with Gasteiger partial charge in [-0.2, -0.15) is 12.7 Å². The van der Waals surface area contributed by atoms with Gasteiger partial charge in [0.05, 0.1) is 0 Å². The number of nitrogens with zero attached hydrogens (tertiary/aromatic N) is 1. The zero-order valence-electron chi connectivity index (χ0n) is 12.1. The minimum Gasteiger partial charge on any atom is -0.317 e. The molecule has 2 saturated heterocycles. The summed E-state index contributed by atoms with van der Waals surface area (Å²) in [6.07, 6.45) is 4.18. The first kappa shape index (κ1) is 15.2. The summed E-state index contributed by atoms with van der Waals surface area (Å²) in [6.45, 7) is 8.15. The van der Waals surface area contributed by atoms with Crippen LogP contribution >= 0.6 is 0 Å². The fourth-order valence-corrected chi connectivity index (χ4v) is 4.46. The minimum atomic E-state index is -3.29. The molecule has 2 fully saturated rings. The van der Waals surface area contributed by atoms with Crippen LogP contribution in [0.2, 0.25) is 0 Å². The third kappa shape index (κ3) is 4.15. The predicted molar refractivity (Wildman–Crippen MR) is 77.1 cm³/mol. The first-order chi connectivity index (χ1) is 8.91. The molecule has 2 N–H and O–H groups in total. The summed E-state index contributed by atoms with van der Waals surface area (Å²) >= 11 is 0. The molecular weight excluding hydrogens is 262 g/mol. The molecule has 2 aliphatic rings. The summed E-state index contributed by atoms with van der Waals surface area (Å²) in [4.78, 5) is 0. The smallest absolute Gasteiger partial charge is 0.279 e. The van der Waals surface area contributed by atoms with Crippen LogP contribution < -0.4 is 10.0 Å². The lowest BCUT2D eigenvalue weighted by molar-refractivity contribution is 0.226. The summed E-state index contributed by atoms with van der Waals surface area (Å²) < 4.78 is 29.1. The van der Waals surface area contributed by atoms with Gasteiger partial charge < -0.3 is 5.32 Å². The van der Waals surface area contributed by atoms with Crippen LogP contribution in [-0.2, 0) is 10.2 Å². The second kappa shape index (κ2) is 6.08. The van der Waals surface area contributed by atoms with Crippen molar-refractivity contribution in [2.45, 2.75) is 39.5 Å². The van der Waals surface area contributed by atoms with Gasteiger partial charge in [-0.3, -0.25) is 0 Å². The summed E-state index contributed by atoms with van der Waals surface area (Å²) in [5, 5.41) is 3.32. The second-order valence-corrected chi connectivity index (χ2v) is 8.25. The highest BCUT2D eigenvalue weighted by Crippen LogP contribution is 2.27. The lowest BCUT2D eigenvalue weighted by atomic mass is 9.81. The van der Waals surface area contributed by atoms with Crippen molar-refractivity contribution in [3.63, 3.8) is 0 Å². The molecule has 5 nitrogen and oxygen atoms in total. The maximum Gasteiger partial charge on any atom is 0.279 e. The first-order valence-electron chi connectivity index (χ1n) is 7.37. The van der Waals surface area contributed by atoms with Crippen molar-refractivity contribution in [3.8, 4) is 0 Å². The van der Waals surface area contributed by atoms with Gasteiger partial charge in [-0.25, -0.2) is 4.72 Å². The van der Waals surface area contributed by atoms with E-state index in [1.165, 1.54) is 0 Å². The van der Waals surface area contributed by atoms with E-state index < -0.39 is 10.2 Å². The topological polar surface area (TPSA) is 61.4 Å².